The molecule has 9 nitrogen and oxygen atoms in total. The standard InChI is InChI=1S/C24H20N2O7/c1-12-8-16(27)21(28)23(33-12)20-19(13-4-6-15(29-2)7-5-13)25-24(26-20)14-9-17(30-3)22-18(10-14)31-11-32-22/h4-10,28H,11H2,1-3H3,(H,25,26). The molecule has 0 amide bonds. The van der Waals surface area contributed by atoms with Crippen molar-refractivity contribution in [3.63, 3.8) is 0 Å². The van der Waals surface area contributed by atoms with Crippen LogP contribution in [0.25, 0.3) is 34.1 Å². The molecule has 33 heavy (non-hydrogen) atoms. The van der Waals surface area contributed by atoms with Gasteiger partial charge in [0.15, 0.2) is 17.3 Å². The van der Waals surface area contributed by atoms with E-state index in [1.54, 1.807) is 38.3 Å². The van der Waals surface area contributed by atoms with Crippen molar-refractivity contribution in [3.05, 3.63) is 58.4 Å². The van der Waals surface area contributed by atoms with Crippen molar-refractivity contribution in [2.24, 2.45) is 0 Å². The minimum Gasteiger partial charge on any atom is -0.501 e. The zero-order chi connectivity index (χ0) is 23.1. The molecule has 168 valence electrons. The molecule has 0 aliphatic carbocycles. The van der Waals surface area contributed by atoms with Crippen molar-refractivity contribution in [3.8, 4) is 62.8 Å². The first-order valence-electron chi connectivity index (χ1n) is 10.0. The number of ether oxygens (including phenoxy) is 4. The molecule has 2 aromatic carbocycles. The zero-order valence-electron chi connectivity index (χ0n) is 18.1. The fraction of sp³-hybridized carbons (Fsp3) is 0.167. The molecule has 0 saturated heterocycles. The summed E-state index contributed by atoms with van der Waals surface area (Å²) in [5.41, 5.74) is 1.67. The summed E-state index contributed by atoms with van der Waals surface area (Å²) in [6.45, 7) is 1.73. The van der Waals surface area contributed by atoms with Crippen LogP contribution >= 0.6 is 0 Å². The molecule has 0 unspecified atom stereocenters. The molecule has 1 aliphatic heterocycles. The van der Waals surface area contributed by atoms with E-state index in [1.807, 2.05) is 12.1 Å². The summed E-state index contributed by atoms with van der Waals surface area (Å²) in [6, 6.07) is 12.0. The highest BCUT2D eigenvalue weighted by Crippen LogP contribution is 2.45. The Morgan fingerprint density at radius 3 is 2.55 bits per heavy atom. The summed E-state index contributed by atoms with van der Waals surface area (Å²) in [5.74, 6) is 2.52. The molecule has 0 radical (unpaired) electrons. The Morgan fingerprint density at radius 1 is 1.03 bits per heavy atom. The minimum absolute atomic E-state index is 0.00252. The Morgan fingerprint density at radius 2 is 1.82 bits per heavy atom. The van der Waals surface area contributed by atoms with Gasteiger partial charge in [-0.05, 0) is 43.3 Å². The minimum atomic E-state index is -0.546. The lowest BCUT2D eigenvalue weighted by molar-refractivity contribution is 0.171. The highest BCUT2D eigenvalue weighted by atomic mass is 16.7. The molecule has 0 fully saturated rings. The van der Waals surface area contributed by atoms with Crippen LogP contribution in [0.4, 0.5) is 0 Å². The molecule has 0 atom stereocenters. The van der Waals surface area contributed by atoms with Crippen LogP contribution in [0.15, 0.2) is 51.7 Å². The highest BCUT2D eigenvalue weighted by Gasteiger charge is 2.25. The average molecular weight is 448 g/mol. The number of rotatable bonds is 5. The van der Waals surface area contributed by atoms with E-state index in [-0.39, 0.29) is 12.6 Å². The molecule has 2 N–H and O–H groups in total. The number of aromatic amines is 1. The first-order valence-corrected chi connectivity index (χ1v) is 10.0. The van der Waals surface area contributed by atoms with E-state index in [9.17, 15) is 9.90 Å². The van der Waals surface area contributed by atoms with Gasteiger partial charge in [0.2, 0.25) is 23.7 Å². The van der Waals surface area contributed by atoms with Crippen molar-refractivity contribution >= 4 is 0 Å². The second-order valence-corrected chi connectivity index (χ2v) is 7.35. The van der Waals surface area contributed by atoms with Gasteiger partial charge in [-0.15, -0.1) is 0 Å². The number of nitrogens with zero attached hydrogens (tertiary/aromatic N) is 1. The van der Waals surface area contributed by atoms with Crippen molar-refractivity contribution < 1.29 is 28.5 Å². The molecule has 9 heteroatoms. The summed E-state index contributed by atoms with van der Waals surface area (Å²) in [4.78, 5) is 20.2. The third kappa shape index (κ3) is 3.53. The number of nitrogens with one attached hydrogen (secondary N) is 1. The Hall–Kier alpha value is -4.40. The maximum atomic E-state index is 12.2. The number of aromatic hydroxyl groups is 1. The van der Waals surface area contributed by atoms with Gasteiger partial charge in [0.05, 0.1) is 14.2 Å². The third-order valence-electron chi connectivity index (χ3n) is 5.27. The molecule has 0 spiro atoms. The van der Waals surface area contributed by atoms with E-state index in [2.05, 4.69) is 4.98 Å². The summed E-state index contributed by atoms with van der Waals surface area (Å²) >= 11 is 0. The number of aromatic nitrogens is 2. The number of methoxy groups -OCH3 is 2. The molecule has 2 aromatic heterocycles. The molecule has 0 bridgehead atoms. The molecule has 3 heterocycles. The summed E-state index contributed by atoms with van der Waals surface area (Å²) in [5, 5.41) is 10.5. The number of aryl methyl sites for hydroxylation is 1. The van der Waals surface area contributed by atoms with Gasteiger partial charge in [-0.2, -0.15) is 0 Å². The van der Waals surface area contributed by atoms with Gasteiger partial charge in [0, 0.05) is 17.2 Å². The monoisotopic (exact) mass is 448 g/mol. The van der Waals surface area contributed by atoms with E-state index in [4.69, 9.17) is 28.3 Å². The lowest BCUT2D eigenvalue weighted by atomic mass is 10.1. The van der Waals surface area contributed by atoms with Crippen molar-refractivity contribution in [1.29, 1.82) is 0 Å². The Labute approximate surface area is 188 Å². The van der Waals surface area contributed by atoms with Crippen LogP contribution in [0.3, 0.4) is 0 Å². The predicted molar refractivity (Wildman–Crippen MR) is 119 cm³/mol. The fourth-order valence-corrected chi connectivity index (χ4v) is 3.67. The molecular weight excluding hydrogens is 428 g/mol. The van der Waals surface area contributed by atoms with E-state index >= 15 is 0 Å². The van der Waals surface area contributed by atoms with Crippen molar-refractivity contribution in [2.45, 2.75) is 6.92 Å². The van der Waals surface area contributed by atoms with Gasteiger partial charge in [-0.25, -0.2) is 4.98 Å². The quantitative estimate of drug-likeness (QED) is 0.468. The average Bonchev–Trinajstić information content (AvgIpc) is 3.48. The normalized spacial score (nSPS) is 12.1. The highest BCUT2D eigenvalue weighted by molar-refractivity contribution is 5.82. The molecule has 1 aliphatic rings. The van der Waals surface area contributed by atoms with Crippen LogP contribution in [-0.2, 0) is 0 Å². The summed E-state index contributed by atoms with van der Waals surface area (Å²) in [6.07, 6.45) is 0. The van der Waals surface area contributed by atoms with Crippen LogP contribution in [0.1, 0.15) is 5.76 Å². The third-order valence-corrected chi connectivity index (χ3v) is 5.27. The van der Waals surface area contributed by atoms with E-state index in [0.717, 1.165) is 5.56 Å². The van der Waals surface area contributed by atoms with Gasteiger partial charge < -0.3 is 33.5 Å². The number of hydrogen-bond donors (Lipinski definition) is 2. The van der Waals surface area contributed by atoms with Gasteiger partial charge in [0.1, 0.15) is 28.7 Å². The second kappa shape index (κ2) is 7.94. The van der Waals surface area contributed by atoms with Gasteiger partial charge in [-0.3, -0.25) is 4.79 Å². The summed E-state index contributed by atoms with van der Waals surface area (Å²) in [7, 11) is 3.12. The molecule has 0 saturated carbocycles. The Bertz CT molecular complexity index is 1400. The van der Waals surface area contributed by atoms with Gasteiger partial charge >= 0.3 is 0 Å². The topological polar surface area (TPSA) is 116 Å². The van der Waals surface area contributed by atoms with E-state index < -0.39 is 11.2 Å². The lowest BCUT2D eigenvalue weighted by Crippen LogP contribution is -2.01. The van der Waals surface area contributed by atoms with E-state index in [0.29, 0.717) is 51.5 Å². The molecular formula is C24H20N2O7. The predicted octanol–water partition coefficient (Wildman–Crippen LogP) is 4.12. The first kappa shape index (κ1) is 20.5. The van der Waals surface area contributed by atoms with Crippen molar-refractivity contribution in [2.75, 3.05) is 21.0 Å². The van der Waals surface area contributed by atoms with E-state index in [1.165, 1.54) is 13.2 Å². The smallest absolute Gasteiger partial charge is 0.231 e. The number of fused-ring (bicyclic) bond motifs is 1. The summed E-state index contributed by atoms with van der Waals surface area (Å²) < 4.78 is 27.4. The Balaban J connectivity index is 1.73. The number of benzene rings is 2. The van der Waals surface area contributed by atoms with Gasteiger partial charge in [-0.1, -0.05) is 0 Å². The maximum absolute atomic E-state index is 12.2. The number of H-pyrrole nitrogens is 1. The number of hydrogen-bond acceptors (Lipinski definition) is 8. The van der Waals surface area contributed by atoms with Gasteiger partial charge in [0.25, 0.3) is 0 Å². The molecule has 5 rings (SSSR count). The van der Waals surface area contributed by atoms with Crippen LogP contribution in [0.5, 0.6) is 28.7 Å². The van der Waals surface area contributed by atoms with Crippen LogP contribution in [-0.4, -0.2) is 36.1 Å². The van der Waals surface area contributed by atoms with Crippen molar-refractivity contribution in [1.82, 2.24) is 9.97 Å². The second-order valence-electron chi connectivity index (χ2n) is 7.35. The number of imidazole rings is 1. The first-order chi connectivity index (χ1) is 16.0. The Kier molecular flexibility index (Phi) is 4.93. The molecule has 4 aromatic rings. The SMILES string of the molecule is COc1ccc(-c2nc(-c3cc(OC)c4c(c3)OCO4)[nH]c2-c2oc(C)cc(=O)c2O)cc1. The zero-order valence-corrected chi connectivity index (χ0v) is 18.1. The largest absolute Gasteiger partial charge is 0.501 e. The lowest BCUT2D eigenvalue weighted by Gasteiger charge is -2.06. The van der Waals surface area contributed by atoms with Crippen LogP contribution < -0.4 is 24.4 Å². The van der Waals surface area contributed by atoms with Crippen LogP contribution in [0.2, 0.25) is 0 Å². The fourth-order valence-electron chi connectivity index (χ4n) is 3.67. The maximum Gasteiger partial charge on any atom is 0.231 e. The van der Waals surface area contributed by atoms with Crippen LogP contribution in [0, 0.1) is 6.92 Å².